The van der Waals surface area contributed by atoms with E-state index in [1.165, 1.54) is 5.56 Å². The van der Waals surface area contributed by atoms with Crippen molar-refractivity contribution in [3.05, 3.63) is 23.3 Å². The zero-order valence-corrected chi connectivity index (χ0v) is 18.4. The minimum Gasteiger partial charge on any atom is -0.333 e. The van der Waals surface area contributed by atoms with Gasteiger partial charge in [0.15, 0.2) is 0 Å². The number of benzene rings is 1. The molecule has 0 fully saturated rings. The van der Waals surface area contributed by atoms with Crippen molar-refractivity contribution in [1.29, 1.82) is 0 Å². The lowest BCUT2D eigenvalue weighted by Gasteiger charge is -2.27. The maximum Gasteiger partial charge on any atom is 0.215 e. The van der Waals surface area contributed by atoms with Crippen LogP contribution in [-0.4, -0.2) is 11.2 Å². The summed E-state index contributed by atoms with van der Waals surface area (Å²) in [6.07, 6.45) is 1.67. The molecular weight excluding hydrogens is 328 g/mol. The van der Waals surface area contributed by atoms with Crippen LogP contribution in [0.5, 0.6) is 11.5 Å². The van der Waals surface area contributed by atoms with E-state index in [0.717, 1.165) is 18.4 Å². The van der Waals surface area contributed by atoms with Crippen LogP contribution in [0.4, 0.5) is 0 Å². The van der Waals surface area contributed by atoms with Crippen molar-refractivity contribution in [3.63, 3.8) is 0 Å². The van der Waals surface area contributed by atoms with E-state index in [0.29, 0.717) is 17.4 Å². The highest BCUT2D eigenvalue weighted by Crippen LogP contribution is 2.42. The molecule has 4 nitrogen and oxygen atoms in total. The van der Waals surface area contributed by atoms with Crippen molar-refractivity contribution in [1.82, 2.24) is 0 Å². The zero-order valence-electron chi connectivity index (χ0n) is 18.4. The third-order valence-corrected chi connectivity index (χ3v) is 4.80. The van der Waals surface area contributed by atoms with Crippen molar-refractivity contribution >= 4 is 0 Å². The van der Waals surface area contributed by atoms with Gasteiger partial charge in [-0.1, -0.05) is 47.6 Å². The SMILES string of the molecule is CCC(C)(C)OOc1ccc(C(C)C)c(C(C)C)c1OOC(C)(C)CC. The van der Waals surface area contributed by atoms with Crippen LogP contribution in [0.3, 0.4) is 0 Å². The molecule has 0 atom stereocenters. The topological polar surface area (TPSA) is 36.9 Å². The summed E-state index contributed by atoms with van der Waals surface area (Å²) in [5, 5.41) is 0. The predicted octanol–water partition coefficient (Wildman–Crippen LogP) is 6.93. The van der Waals surface area contributed by atoms with Gasteiger partial charge in [-0.15, -0.1) is 0 Å². The van der Waals surface area contributed by atoms with E-state index >= 15 is 0 Å². The van der Waals surface area contributed by atoms with Crippen molar-refractivity contribution in [2.45, 2.75) is 105 Å². The zero-order chi connectivity index (χ0) is 20.1. The van der Waals surface area contributed by atoms with E-state index in [2.05, 4.69) is 47.6 Å². The number of rotatable bonds is 10. The molecular formula is C22H38O4. The number of hydrogen-bond donors (Lipinski definition) is 0. The fourth-order valence-corrected chi connectivity index (χ4v) is 2.28. The molecule has 0 saturated carbocycles. The lowest BCUT2D eigenvalue weighted by Crippen LogP contribution is -2.27. The third-order valence-electron chi connectivity index (χ3n) is 4.80. The Hall–Kier alpha value is -1.26. The number of hydrogen-bond acceptors (Lipinski definition) is 4. The molecule has 0 saturated heterocycles. The van der Waals surface area contributed by atoms with Crippen LogP contribution in [0.25, 0.3) is 0 Å². The van der Waals surface area contributed by atoms with Crippen molar-refractivity contribution in [2.75, 3.05) is 0 Å². The van der Waals surface area contributed by atoms with Crippen LogP contribution in [-0.2, 0) is 9.78 Å². The molecule has 0 unspecified atom stereocenters. The average Bonchev–Trinajstić information content (AvgIpc) is 2.57. The van der Waals surface area contributed by atoms with Crippen molar-refractivity contribution < 1.29 is 19.6 Å². The Morgan fingerprint density at radius 2 is 1.27 bits per heavy atom. The summed E-state index contributed by atoms with van der Waals surface area (Å²) < 4.78 is 0. The van der Waals surface area contributed by atoms with Gasteiger partial charge in [-0.2, -0.15) is 9.78 Å². The van der Waals surface area contributed by atoms with Crippen molar-refractivity contribution in [2.24, 2.45) is 0 Å². The standard InChI is InChI=1S/C22H38O4/c1-11-21(7,8)25-23-18-14-13-17(15(3)4)19(16(5)6)20(18)24-26-22(9,10)12-2/h13-16H,11-12H2,1-10H3. The molecule has 0 aliphatic carbocycles. The van der Waals surface area contributed by atoms with Gasteiger partial charge in [0.25, 0.3) is 0 Å². The highest BCUT2D eigenvalue weighted by Gasteiger charge is 2.27. The average molecular weight is 367 g/mol. The van der Waals surface area contributed by atoms with Gasteiger partial charge in [0.1, 0.15) is 11.2 Å². The highest BCUT2D eigenvalue weighted by molar-refractivity contribution is 5.52. The van der Waals surface area contributed by atoms with Gasteiger partial charge in [-0.25, -0.2) is 0 Å². The lowest BCUT2D eigenvalue weighted by molar-refractivity contribution is -0.299. The quantitative estimate of drug-likeness (QED) is 0.332. The van der Waals surface area contributed by atoms with Crippen LogP contribution in [0.1, 0.15) is 105 Å². The van der Waals surface area contributed by atoms with Gasteiger partial charge >= 0.3 is 0 Å². The summed E-state index contributed by atoms with van der Waals surface area (Å²) >= 11 is 0. The van der Waals surface area contributed by atoms with Gasteiger partial charge in [0.05, 0.1) is 0 Å². The first-order valence-corrected chi connectivity index (χ1v) is 9.82. The van der Waals surface area contributed by atoms with Crippen LogP contribution in [0, 0.1) is 0 Å². The second-order valence-electron chi connectivity index (χ2n) is 8.76. The van der Waals surface area contributed by atoms with E-state index in [1.54, 1.807) is 0 Å². The Morgan fingerprint density at radius 1 is 0.769 bits per heavy atom. The molecule has 0 heterocycles. The summed E-state index contributed by atoms with van der Waals surface area (Å²) in [6, 6.07) is 4.00. The van der Waals surface area contributed by atoms with E-state index < -0.39 is 0 Å². The Bertz CT molecular complexity index is 574. The van der Waals surface area contributed by atoms with Gasteiger partial charge in [0, 0.05) is 5.56 Å². The van der Waals surface area contributed by atoms with Crippen LogP contribution in [0.2, 0.25) is 0 Å². The second kappa shape index (κ2) is 9.09. The summed E-state index contributed by atoms with van der Waals surface area (Å²) in [7, 11) is 0. The van der Waals surface area contributed by atoms with E-state index in [9.17, 15) is 0 Å². The largest absolute Gasteiger partial charge is 0.333 e. The Labute approximate surface area is 160 Å². The van der Waals surface area contributed by atoms with Gasteiger partial charge in [0.2, 0.25) is 11.5 Å². The molecule has 4 heteroatoms. The Balaban J connectivity index is 3.32. The van der Waals surface area contributed by atoms with Gasteiger partial charge in [-0.05, 0) is 64.0 Å². The van der Waals surface area contributed by atoms with E-state index in [1.807, 2.05) is 33.8 Å². The first-order chi connectivity index (χ1) is 11.9. The first-order valence-electron chi connectivity index (χ1n) is 9.82. The minimum absolute atomic E-state index is 0.262. The van der Waals surface area contributed by atoms with Crippen LogP contribution < -0.4 is 9.78 Å². The Kier molecular flexibility index (Phi) is 7.97. The molecule has 1 aromatic carbocycles. The normalized spacial score (nSPS) is 12.8. The summed E-state index contributed by atoms with van der Waals surface area (Å²) in [5.74, 6) is 1.79. The smallest absolute Gasteiger partial charge is 0.215 e. The molecule has 0 bridgehead atoms. The molecule has 0 N–H and O–H groups in total. The fourth-order valence-electron chi connectivity index (χ4n) is 2.28. The lowest BCUT2D eigenvalue weighted by atomic mass is 9.89. The molecule has 0 aliphatic rings. The first kappa shape index (κ1) is 22.8. The van der Waals surface area contributed by atoms with Gasteiger partial charge in [-0.3, -0.25) is 0 Å². The molecule has 1 rings (SSSR count). The molecule has 0 aliphatic heterocycles. The van der Waals surface area contributed by atoms with E-state index in [4.69, 9.17) is 19.6 Å². The Morgan fingerprint density at radius 3 is 1.69 bits per heavy atom. The summed E-state index contributed by atoms with van der Waals surface area (Å²) in [4.78, 5) is 23.0. The molecule has 0 aromatic heterocycles. The summed E-state index contributed by atoms with van der Waals surface area (Å²) in [5.41, 5.74) is 1.57. The second-order valence-corrected chi connectivity index (χ2v) is 8.76. The molecule has 0 amide bonds. The molecule has 26 heavy (non-hydrogen) atoms. The van der Waals surface area contributed by atoms with Crippen LogP contribution in [0.15, 0.2) is 12.1 Å². The molecule has 0 spiro atoms. The predicted molar refractivity (Wildman–Crippen MR) is 107 cm³/mol. The monoisotopic (exact) mass is 366 g/mol. The molecule has 150 valence electrons. The maximum atomic E-state index is 5.87. The van der Waals surface area contributed by atoms with Crippen molar-refractivity contribution in [3.8, 4) is 11.5 Å². The molecule has 1 aromatic rings. The molecule has 0 radical (unpaired) electrons. The third kappa shape index (κ3) is 6.17. The van der Waals surface area contributed by atoms with Crippen LogP contribution >= 0.6 is 0 Å². The maximum absolute atomic E-state index is 5.87. The highest BCUT2D eigenvalue weighted by atomic mass is 17.2. The summed E-state index contributed by atoms with van der Waals surface area (Å²) in [6.45, 7) is 20.8. The minimum atomic E-state index is -0.386. The fraction of sp³-hybridized carbons (Fsp3) is 0.727. The van der Waals surface area contributed by atoms with E-state index in [-0.39, 0.29) is 17.1 Å². The van der Waals surface area contributed by atoms with Gasteiger partial charge < -0.3 is 9.78 Å².